The zero-order valence-corrected chi connectivity index (χ0v) is 10.8. The summed E-state index contributed by atoms with van der Waals surface area (Å²) in [5.74, 6) is 0. The Kier molecular flexibility index (Phi) is 2.64. The van der Waals surface area contributed by atoms with Crippen LogP contribution in [0, 0.1) is 0 Å². The van der Waals surface area contributed by atoms with E-state index < -0.39 is 0 Å². The SMILES string of the molecule is Cn1cc(C=Cc2csc(N)n2)c2ccccc21. The average molecular weight is 255 g/mol. The Labute approximate surface area is 109 Å². The van der Waals surface area contributed by atoms with Crippen LogP contribution in [0.25, 0.3) is 23.1 Å². The van der Waals surface area contributed by atoms with E-state index in [2.05, 4.69) is 53.1 Å². The molecule has 1 aromatic carbocycles. The molecular weight excluding hydrogens is 242 g/mol. The van der Waals surface area contributed by atoms with Gasteiger partial charge in [0.1, 0.15) is 0 Å². The Balaban J connectivity index is 2.02. The van der Waals surface area contributed by atoms with Gasteiger partial charge >= 0.3 is 0 Å². The minimum absolute atomic E-state index is 0.604. The highest BCUT2D eigenvalue weighted by Gasteiger charge is 2.02. The molecule has 18 heavy (non-hydrogen) atoms. The highest BCUT2D eigenvalue weighted by Crippen LogP contribution is 2.22. The summed E-state index contributed by atoms with van der Waals surface area (Å²) in [5, 5.41) is 3.81. The number of nitrogen functional groups attached to an aromatic ring is 1. The summed E-state index contributed by atoms with van der Waals surface area (Å²) in [7, 11) is 2.06. The summed E-state index contributed by atoms with van der Waals surface area (Å²) in [6, 6.07) is 8.36. The van der Waals surface area contributed by atoms with Gasteiger partial charge in [0.25, 0.3) is 0 Å². The molecule has 0 aliphatic rings. The van der Waals surface area contributed by atoms with Crippen molar-refractivity contribution in [2.45, 2.75) is 0 Å². The Morgan fingerprint density at radius 2 is 2.11 bits per heavy atom. The van der Waals surface area contributed by atoms with Crippen molar-refractivity contribution in [2.75, 3.05) is 5.73 Å². The summed E-state index contributed by atoms with van der Waals surface area (Å²) < 4.78 is 2.13. The molecule has 0 aliphatic heterocycles. The number of hydrogen-bond donors (Lipinski definition) is 1. The predicted molar refractivity (Wildman–Crippen MR) is 78.4 cm³/mol. The molecular formula is C14H13N3S. The fourth-order valence-electron chi connectivity index (χ4n) is 2.06. The lowest BCUT2D eigenvalue weighted by atomic mass is 10.1. The van der Waals surface area contributed by atoms with Gasteiger partial charge in [0.15, 0.2) is 5.13 Å². The van der Waals surface area contributed by atoms with Crippen molar-refractivity contribution >= 4 is 39.5 Å². The molecule has 2 aromatic heterocycles. The van der Waals surface area contributed by atoms with E-state index in [4.69, 9.17) is 5.73 Å². The van der Waals surface area contributed by atoms with Crippen molar-refractivity contribution in [1.82, 2.24) is 9.55 Å². The average Bonchev–Trinajstić information content (AvgIpc) is 2.92. The van der Waals surface area contributed by atoms with E-state index in [0.717, 1.165) is 5.69 Å². The van der Waals surface area contributed by atoms with Crippen molar-refractivity contribution in [3.8, 4) is 0 Å². The van der Waals surface area contributed by atoms with E-state index in [1.54, 1.807) is 0 Å². The molecule has 2 N–H and O–H groups in total. The molecule has 3 aromatic rings. The Morgan fingerprint density at radius 3 is 2.89 bits per heavy atom. The van der Waals surface area contributed by atoms with Crippen LogP contribution in [0.4, 0.5) is 5.13 Å². The van der Waals surface area contributed by atoms with Crippen molar-refractivity contribution in [1.29, 1.82) is 0 Å². The summed E-state index contributed by atoms with van der Waals surface area (Å²) in [6.45, 7) is 0. The molecule has 0 fully saturated rings. The van der Waals surface area contributed by atoms with Gasteiger partial charge in [-0.3, -0.25) is 0 Å². The number of fused-ring (bicyclic) bond motifs is 1. The number of nitrogens with zero attached hydrogens (tertiary/aromatic N) is 2. The topological polar surface area (TPSA) is 43.8 Å². The van der Waals surface area contributed by atoms with E-state index in [1.807, 2.05) is 11.5 Å². The molecule has 0 spiro atoms. The number of nitrogens with two attached hydrogens (primary N) is 1. The van der Waals surface area contributed by atoms with Crippen LogP contribution >= 0.6 is 11.3 Å². The molecule has 0 atom stereocenters. The lowest BCUT2D eigenvalue weighted by Crippen LogP contribution is -1.81. The molecule has 0 bridgehead atoms. The van der Waals surface area contributed by atoms with Crippen molar-refractivity contribution in [3.05, 3.63) is 47.1 Å². The third kappa shape index (κ3) is 1.91. The van der Waals surface area contributed by atoms with Crippen LogP contribution in [0.1, 0.15) is 11.3 Å². The van der Waals surface area contributed by atoms with Gasteiger partial charge in [0.05, 0.1) is 5.69 Å². The number of anilines is 1. The zero-order chi connectivity index (χ0) is 12.5. The van der Waals surface area contributed by atoms with Gasteiger partial charge in [-0.05, 0) is 12.1 Å². The molecule has 0 unspecified atom stereocenters. The molecule has 2 heterocycles. The zero-order valence-electron chi connectivity index (χ0n) is 10.00. The maximum Gasteiger partial charge on any atom is 0.180 e. The van der Waals surface area contributed by atoms with Crippen molar-refractivity contribution < 1.29 is 0 Å². The molecule has 3 nitrogen and oxygen atoms in total. The van der Waals surface area contributed by atoms with Crippen molar-refractivity contribution in [2.24, 2.45) is 7.05 Å². The third-order valence-electron chi connectivity index (χ3n) is 2.90. The minimum Gasteiger partial charge on any atom is -0.375 e. The molecule has 4 heteroatoms. The molecule has 0 amide bonds. The van der Waals surface area contributed by atoms with E-state index in [9.17, 15) is 0 Å². The van der Waals surface area contributed by atoms with Gasteiger partial charge < -0.3 is 10.3 Å². The van der Waals surface area contributed by atoms with Gasteiger partial charge in [-0.15, -0.1) is 11.3 Å². The van der Waals surface area contributed by atoms with E-state index >= 15 is 0 Å². The van der Waals surface area contributed by atoms with E-state index in [0.29, 0.717) is 5.13 Å². The maximum atomic E-state index is 5.61. The number of para-hydroxylation sites is 1. The number of aromatic nitrogens is 2. The monoisotopic (exact) mass is 255 g/mol. The summed E-state index contributed by atoms with van der Waals surface area (Å²) in [6.07, 6.45) is 6.20. The largest absolute Gasteiger partial charge is 0.375 e. The first-order valence-electron chi connectivity index (χ1n) is 5.67. The Bertz CT molecular complexity index is 722. The number of rotatable bonds is 2. The fourth-order valence-corrected chi connectivity index (χ4v) is 2.59. The summed E-state index contributed by atoms with van der Waals surface area (Å²) in [4.78, 5) is 4.22. The van der Waals surface area contributed by atoms with E-state index in [-0.39, 0.29) is 0 Å². The quantitative estimate of drug-likeness (QED) is 0.762. The first-order chi connectivity index (χ1) is 8.74. The second-order valence-corrected chi connectivity index (χ2v) is 5.05. The lowest BCUT2D eigenvalue weighted by molar-refractivity contribution is 0.968. The van der Waals surface area contributed by atoms with Crippen LogP contribution in [-0.2, 0) is 7.05 Å². The molecule has 0 radical (unpaired) electrons. The Morgan fingerprint density at radius 1 is 1.28 bits per heavy atom. The minimum atomic E-state index is 0.604. The second kappa shape index (κ2) is 4.31. The number of aryl methyl sites for hydroxylation is 1. The number of thiazole rings is 1. The van der Waals surface area contributed by atoms with Crippen LogP contribution in [0.2, 0.25) is 0 Å². The van der Waals surface area contributed by atoms with Gasteiger partial charge in [-0.25, -0.2) is 4.98 Å². The smallest absolute Gasteiger partial charge is 0.180 e. The highest BCUT2D eigenvalue weighted by atomic mass is 32.1. The summed E-state index contributed by atoms with van der Waals surface area (Å²) in [5.41, 5.74) is 8.94. The molecule has 3 rings (SSSR count). The predicted octanol–water partition coefficient (Wildman–Crippen LogP) is 3.39. The van der Waals surface area contributed by atoms with Gasteiger partial charge in [0, 0.05) is 35.1 Å². The molecule has 0 saturated carbocycles. The first kappa shape index (κ1) is 11.0. The Hall–Kier alpha value is -2.07. The number of benzene rings is 1. The van der Waals surface area contributed by atoms with Crippen LogP contribution in [0.5, 0.6) is 0 Å². The third-order valence-corrected chi connectivity index (χ3v) is 3.59. The lowest BCUT2D eigenvalue weighted by Gasteiger charge is -1.92. The number of hydrogen-bond acceptors (Lipinski definition) is 3. The molecule has 0 aliphatic carbocycles. The van der Waals surface area contributed by atoms with Crippen LogP contribution in [0.15, 0.2) is 35.8 Å². The normalized spacial score (nSPS) is 11.6. The second-order valence-electron chi connectivity index (χ2n) is 4.16. The summed E-state index contributed by atoms with van der Waals surface area (Å²) >= 11 is 1.46. The molecule has 90 valence electrons. The first-order valence-corrected chi connectivity index (χ1v) is 6.55. The molecule has 0 saturated heterocycles. The van der Waals surface area contributed by atoms with Gasteiger partial charge in [0.2, 0.25) is 0 Å². The highest BCUT2D eigenvalue weighted by molar-refractivity contribution is 7.13. The van der Waals surface area contributed by atoms with Crippen LogP contribution in [0.3, 0.4) is 0 Å². The van der Waals surface area contributed by atoms with E-state index in [1.165, 1.54) is 27.8 Å². The van der Waals surface area contributed by atoms with Crippen LogP contribution < -0.4 is 5.73 Å². The standard InChI is InChI=1S/C14H13N3S/c1-17-8-10(12-4-2-3-5-13(12)17)6-7-11-9-18-14(15)16-11/h2-9H,1H3,(H2,15,16). The maximum absolute atomic E-state index is 5.61. The van der Waals surface area contributed by atoms with Crippen molar-refractivity contribution in [3.63, 3.8) is 0 Å². The van der Waals surface area contributed by atoms with Crippen LogP contribution in [-0.4, -0.2) is 9.55 Å². The fraction of sp³-hybridized carbons (Fsp3) is 0.0714. The van der Waals surface area contributed by atoms with Gasteiger partial charge in [-0.1, -0.05) is 24.3 Å². The van der Waals surface area contributed by atoms with Gasteiger partial charge in [-0.2, -0.15) is 0 Å².